The van der Waals surface area contributed by atoms with E-state index in [9.17, 15) is 39.4 Å². The smallest absolute Gasteiger partial charge is 0.419 e. The maximum atomic E-state index is 12.6. The Balaban J connectivity index is 0.000000266. The van der Waals surface area contributed by atoms with Gasteiger partial charge < -0.3 is 18.9 Å². The van der Waals surface area contributed by atoms with E-state index in [1.54, 1.807) is 60.6 Å². The molecule has 0 radical (unpaired) electrons. The lowest BCUT2D eigenvalue weighted by atomic mass is 10.1. The number of esters is 2. The molecule has 0 aliphatic heterocycles. The molecule has 0 atom stereocenters. The Kier molecular flexibility index (Phi) is 11.2. The van der Waals surface area contributed by atoms with Crippen molar-refractivity contribution in [2.24, 2.45) is 0 Å². The first kappa shape index (κ1) is 38.1. The maximum absolute atomic E-state index is 12.6. The first-order valence-corrected chi connectivity index (χ1v) is 15.6. The number of nitro benzene ring substituents is 2. The van der Waals surface area contributed by atoms with Gasteiger partial charge in [-0.15, -0.1) is 0 Å². The van der Waals surface area contributed by atoms with Gasteiger partial charge in [-0.05, 0) is 83.9 Å². The number of fused-ring (bicyclic) bond motifs is 2. The van der Waals surface area contributed by atoms with Crippen molar-refractivity contribution in [3.63, 3.8) is 0 Å². The van der Waals surface area contributed by atoms with Crippen molar-refractivity contribution < 1.29 is 48.0 Å². The number of benzene rings is 2. The van der Waals surface area contributed by atoms with Crippen LogP contribution in [0, 0.1) is 27.2 Å². The zero-order valence-electron chi connectivity index (χ0n) is 28.2. The molecule has 16 nitrogen and oxygen atoms in total. The van der Waals surface area contributed by atoms with E-state index in [0.29, 0.717) is 27.2 Å². The van der Waals surface area contributed by atoms with Gasteiger partial charge >= 0.3 is 24.1 Å². The summed E-state index contributed by atoms with van der Waals surface area (Å²) in [6, 6.07) is 8.75. The van der Waals surface area contributed by atoms with Gasteiger partial charge in [0.15, 0.2) is 0 Å². The molecule has 0 bridgehead atoms. The maximum Gasteiger partial charge on any atom is 0.419 e. The molecule has 0 N–H and O–H groups in total. The Morgan fingerprint density at radius 1 is 0.694 bits per heavy atom. The molecule has 4 rings (SSSR count). The number of ether oxygens (including phenoxy) is 4. The van der Waals surface area contributed by atoms with E-state index in [4.69, 9.17) is 14.2 Å². The minimum absolute atomic E-state index is 0.000231. The lowest BCUT2D eigenvalue weighted by molar-refractivity contribution is -0.383. The van der Waals surface area contributed by atoms with E-state index < -0.39 is 45.2 Å². The third-order valence-electron chi connectivity index (χ3n) is 6.45. The fourth-order valence-electron chi connectivity index (χ4n) is 4.72. The van der Waals surface area contributed by atoms with Gasteiger partial charge in [0.05, 0.1) is 24.1 Å². The molecule has 0 saturated carbocycles. The van der Waals surface area contributed by atoms with Crippen molar-refractivity contribution >= 4 is 73.2 Å². The van der Waals surface area contributed by atoms with Crippen LogP contribution in [0.3, 0.4) is 0 Å². The van der Waals surface area contributed by atoms with Gasteiger partial charge in [0.1, 0.15) is 33.6 Å². The highest BCUT2D eigenvalue weighted by atomic mass is 79.9. The summed E-state index contributed by atoms with van der Waals surface area (Å²) in [5.41, 5.74) is -1.27. The largest absolute Gasteiger partial charge is 0.464 e. The standard InChI is InChI=1S/C16H17BrN2O6.C16H18N2O6/c1-16(2,3)25-15(21)18-12(14(20)24-4)7-10-5-9(8-17)6-11(13(10)18)19(22)23;1-9-6-10-8-12(14(19)23-5)17(15(20)24-16(2,3)4)13(10)11(7-9)18(21)22/h5-7H,8H2,1-4H3;6-8H,1-5H3. The number of rotatable bonds is 5. The van der Waals surface area contributed by atoms with E-state index in [0.717, 1.165) is 16.2 Å². The van der Waals surface area contributed by atoms with Crippen LogP contribution in [0.25, 0.3) is 21.8 Å². The van der Waals surface area contributed by atoms with Crippen molar-refractivity contribution in [2.75, 3.05) is 14.2 Å². The number of methoxy groups -OCH3 is 2. The van der Waals surface area contributed by atoms with E-state index in [1.165, 1.54) is 31.4 Å². The molecular weight excluding hydrogens is 712 g/mol. The summed E-state index contributed by atoms with van der Waals surface area (Å²) in [5.74, 6) is -1.58. The Hall–Kier alpha value is -5.32. The highest BCUT2D eigenvalue weighted by molar-refractivity contribution is 9.08. The van der Waals surface area contributed by atoms with Crippen LogP contribution in [0.2, 0.25) is 0 Å². The molecule has 2 aromatic carbocycles. The number of non-ortho nitro benzene ring substituents is 2. The van der Waals surface area contributed by atoms with Crippen molar-refractivity contribution in [3.8, 4) is 0 Å². The summed E-state index contributed by atoms with van der Waals surface area (Å²) in [6.07, 6.45) is -1.78. The summed E-state index contributed by atoms with van der Waals surface area (Å²) in [5, 5.41) is 24.0. The molecule has 17 heteroatoms. The first-order chi connectivity index (χ1) is 22.6. The molecule has 0 aliphatic carbocycles. The number of nitrogens with zero attached hydrogens (tertiary/aromatic N) is 4. The van der Waals surface area contributed by atoms with Gasteiger partial charge in [-0.1, -0.05) is 15.9 Å². The summed E-state index contributed by atoms with van der Waals surface area (Å²) in [7, 11) is 2.33. The van der Waals surface area contributed by atoms with Gasteiger partial charge in [0.25, 0.3) is 11.4 Å². The average Bonchev–Trinajstić information content (AvgIpc) is 3.57. The molecule has 0 amide bonds. The Labute approximate surface area is 288 Å². The van der Waals surface area contributed by atoms with Gasteiger partial charge in [0.2, 0.25) is 0 Å². The molecular formula is C32H35BrN4O12. The van der Waals surface area contributed by atoms with Crippen LogP contribution in [0.1, 0.15) is 73.6 Å². The SMILES string of the molecule is COC(=O)c1cc2cc(C)cc([N+](=O)[O-])c2n1C(=O)OC(C)(C)C.COC(=O)c1cc2cc(CBr)cc([N+](=O)[O-])c2n1C(=O)OC(C)(C)C. The molecule has 2 aromatic heterocycles. The van der Waals surface area contributed by atoms with Crippen LogP contribution >= 0.6 is 15.9 Å². The molecule has 0 saturated heterocycles. The fraction of sp³-hybridized carbons (Fsp3) is 0.375. The predicted molar refractivity (Wildman–Crippen MR) is 180 cm³/mol. The van der Waals surface area contributed by atoms with Gasteiger partial charge in [-0.3, -0.25) is 20.2 Å². The number of aryl methyl sites for hydroxylation is 1. The number of hydrogen-bond acceptors (Lipinski definition) is 12. The normalized spacial score (nSPS) is 11.4. The first-order valence-electron chi connectivity index (χ1n) is 14.5. The van der Waals surface area contributed by atoms with Crippen molar-refractivity contribution in [1.82, 2.24) is 9.13 Å². The highest BCUT2D eigenvalue weighted by Gasteiger charge is 2.31. The van der Waals surface area contributed by atoms with E-state index in [1.807, 2.05) is 0 Å². The summed E-state index contributed by atoms with van der Waals surface area (Å²) >= 11 is 3.25. The molecule has 0 aliphatic rings. The molecule has 49 heavy (non-hydrogen) atoms. The molecule has 0 spiro atoms. The van der Waals surface area contributed by atoms with E-state index in [-0.39, 0.29) is 33.8 Å². The molecule has 0 fully saturated rings. The topological polar surface area (TPSA) is 201 Å². The number of nitro groups is 2. The second kappa shape index (κ2) is 14.4. The molecule has 4 aromatic rings. The van der Waals surface area contributed by atoms with Gasteiger partial charge in [-0.2, -0.15) is 0 Å². The average molecular weight is 748 g/mol. The number of halogens is 1. The van der Waals surface area contributed by atoms with Crippen molar-refractivity contribution in [1.29, 1.82) is 0 Å². The summed E-state index contributed by atoms with van der Waals surface area (Å²) in [6.45, 7) is 11.6. The lowest BCUT2D eigenvalue weighted by Gasteiger charge is -2.20. The van der Waals surface area contributed by atoms with Crippen LogP contribution in [-0.4, -0.2) is 68.5 Å². The lowest BCUT2D eigenvalue weighted by Crippen LogP contribution is -2.29. The van der Waals surface area contributed by atoms with Crippen molar-refractivity contribution in [3.05, 3.63) is 79.1 Å². The van der Waals surface area contributed by atoms with E-state index in [2.05, 4.69) is 20.7 Å². The summed E-state index contributed by atoms with van der Waals surface area (Å²) < 4.78 is 21.7. The summed E-state index contributed by atoms with van der Waals surface area (Å²) in [4.78, 5) is 71.0. The predicted octanol–water partition coefficient (Wildman–Crippen LogP) is 7.44. The minimum atomic E-state index is -0.891. The van der Waals surface area contributed by atoms with Crippen LogP contribution in [0.15, 0.2) is 36.4 Å². The third kappa shape index (κ3) is 8.59. The van der Waals surface area contributed by atoms with Crippen LogP contribution in [0.5, 0.6) is 0 Å². The third-order valence-corrected chi connectivity index (χ3v) is 7.09. The van der Waals surface area contributed by atoms with Crippen LogP contribution < -0.4 is 0 Å². The number of aromatic nitrogens is 2. The van der Waals surface area contributed by atoms with Gasteiger partial charge in [-0.25, -0.2) is 28.3 Å². The Morgan fingerprint density at radius 2 is 1.08 bits per heavy atom. The number of hydrogen-bond donors (Lipinski definition) is 0. The number of alkyl halides is 1. The fourth-order valence-corrected chi connectivity index (χ4v) is 5.04. The zero-order valence-corrected chi connectivity index (χ0v) is 29.8. The Morgan fingerprint density at radius 3 is 1.43 bits per heavy atom. The van der Waals surface area contributed by atoms with E-state index >= 15 is 0 Å². The number of carbonyl (C=O) groups is 4. The Bertz CT molecular complexity index is 2000. The highest BCUT2D eigenvalue weighted by Crippen LogP contribution is 2.33. The van der Waals surface area contributed by atoms with Crippen LogP contribution in [0.4, 0.5) is 21.0 Å². The zero-order chi connectivity index (χ0) is 37.2. The second-order valence-electron chi connectivity index (χ2n) is 12.6. The second-order valence-corrected chi connectivity index (χ2v) is 13.2. The molecule has 0 unspecified atom stereocenters. The quantitative estimate of drug-likeness (QED) is 0.0643. The number of carbonyl (C=O) groups excluding carboxylic acids is 4. The monoisotopic (exact) mass is 746 g/mol. The molecule has 262 valence electrons. The van der Waals surface area contributed by atoms with Crippen LogP contribution in [-0.2, 0) is 24.3 Å². The van der Waals surface area contributed by atoms with Crippen molar-refractivity contribution in [2.45, 2.75) is 65.0 Å². The van der Waals surface area contributed by atoms with Gasteiger partial charge in [0, 0.05) is 28.2 Å². The molecule has 2 heterocycles. The minimum Gasteiger partial charge on any atom is -0.464 e.